The first-order chi connectivity index (χ1) is 9.22. The SMILES string of the molecule is O=C(O)c1ccn(Cc2ccn(C3CCCC3)n2)n1. The van der Waals surface area contributed by atoms with Crippen molar-refractivity contribution in [2.45, 2.75) is 38.3 Å². The van der Waals surface area contributed by atoms with Crippen molar-refractivity contribution < 1.29 is 9.90 Å². The maximum Gasteiger partial charge on any atom is 0.356 e. The molecule has 6 heteroatoms. The van der Waals surface area contributed by atoms with Crippen LogP contribution in [-0.2, 0) is 6.54 Å². The molecule has 0 aromatic carbocycles. The van der Waals surface area contributed by atoms with E-state index in [2.05, 4.69) is 10.2 Å². The van der Waals surface area contributed by atoms with Crippen molar-refractivity contribution >= 4 is 5.97 Å². The molecule has 0 aliphatic heterocycles. The predicted molar refractivity (Wildman–Crippen MR) is 68.0 cm³/mol. The Morgan fingerprint density at radius 3 is 2.74 bits per heavy atom. The van der Waals surface area contributed by atoms with Gasteiger partial charge in [0.1, 0.15) is 0 Å². The van der Waals surface area contributed by atoms with Gasteiger partial charge >= 0.3 is 5.97 Å². The van der Waals surface area contributed by atoms with Crippen LogP contribution in [0.15, 0.2) is 24.5 Å². The summed E-state index contributed by atoms with van der Waals surface area (Å²) in [6.45, 7) is 0.507. The average molecular weight is 260 g/mol. The smallest absolute Gasteiger partial charge is 0.356 e. The van der Waals surface area contributed by atoms with Gasteiger partial charge in [0.2, 0.25) is 0 Å². The molecule has 2 heterocycles. The number of hydrogen-bond donors (Lipinski definition) is 1. The van der Waals surface area contributed by atoms with E-state index in [-0.39, 0.29) is 5.69 Å². The second kappa shape index (κ2) is 4.87. The minimum atomic E-state index is -1.00. The Labute approximate surface area is 110 Å². The number of carboxylic acid groups (broad SMARTS) is 1. The molecule has 1 aliphatic rings. The third kappa shape index (κ3) is 2.52. The number of rotatable bonds is 4. The van der Waals surface area contributed by atoms with Crippen LogP contribution in [0.4, 0.5) is 0 Å². The zero-order valence-corrected chi connectivity index (χ0v) is 10.6. The van der Waals surface area contributed by atoms with Gasteiger partial charge in [-0.25, -0.2) is 4.79 Å². The van der Waals surface area contributed by atoms with Crippen molar-refractivity contribution in [3.63, 3.8) is 0 Å². The zero-order chi connectivity index (χ0) is 13.2. The predicted octanol–water partition coefficient (Wildman–Crippen LogP) is 1.94. The van der Waals surface area contributed by atoms with Crippen LogP contribution in [0.5, 0.6) is 0 Å². The molecule has 0 bridgehead atoms. The lowest BCUT2D eigenvalue weighted by Crippen LogP contribution is -2.08. The minimum absolute atomic E-state index is 0.0650. The second-order valence-corrected chi connectivity index (χ2v) is 4.93. The van der Waals surface area contributed by atoms with Crippen LogP contribution < -0.4 is 0 Å². The number of carboxylic acids is 1. The molecule has 0 radical (unpaired) electrons. The topological polar surface area (TPSA) is 72.9 Å². The molecule has 0 saturated heterocycles. The molecule has 19 heavy (non-hydrogen) atoms. The standard InChI is InChI=1S/C13H16N4O2/c18-13(19)12-6-7-16(15-12)9-10-5-8-17(14-10)11-3-1-2-4-11/h5-8,11H,1-4,9H2,(H,18,19). The van der Waals surface area contributed by atoms with Crippen LogP contribution in [-0.4, -0.2) is 30.6 Å². The molecule has 1 aliphatic carbocycles. The molecular formula is C13H16N4O2. The van der Waals surface area contributed by atoms with Gasteiger partial charge in [-0.3, -0.25) is 9.36 Å². The lowest BCUT2D eigenvalue weighted by atomic mass is 10.3. The Bertz CT molecular complexity index is 581. The van der Waals surface area contributed by atoms with Crippen molar-refractivity contribution in [2.24, 2.45) is 0 Å². The molecule has 1 fully saturated rings. The van der Waals surface area contributed by atoms with E-state index in [1.807, 2.05) is 16.9 Å². The minimum Gasteiger partial charge on any atom is -0.476 e. The van der Waals surface area contributed by atoms with E-state index < -0.39 is 5.97 Å². The zero-order valence-electron chi connectivity index (χ0n) is 10.6. The van der Waals surface area contributed by atoms with Crippen LogP contribution in [0, 0.1) is 0 Å². The Hall–Kier alpha value is -2.11. The normalized spacial score (nSPS) is 16.0. The highest BCUT2D eigenvalue weighted by atomic mass is 16.4. The summed E-state index contributed by atoms with van der Waals surface area (Å²) in [4.78, 5) is 10.7. The largest absolute Gasteiger partial charge is 0.476 e. The highest BCUT2D eigenvalue weighted by Crippen LogP contribution is 2.28. The summed E-state index contributed by atoms with van der Waals surface area (Å²) >= 11 is 0. The summed E-state index contributed by atoms with van der Waals surface area (Å²) in [7, 11) is 0. The van der Waals surface area contributed by atoms with Crippen LogP contribution in [0.3, 0.4) is 0 Å². The molecule has 3 rings (SSSR count). The van der Waals surface area contributed by atoms with Gasteiger partial charge in [-0.2, -0.15) is 10.2 Å². The fourth-order valence-corrected chi connectivity index (χ4v) is 2.56. The Kier molecular flexibility index (Phi) is 3.06. The Balaban J connectivity index is 1.70. The van der Waals surface area contributed by atoms with E-state index in [1.165, 1.54) is 31.7 Å². The number of aromatic carboxylic acids is 1. The van der Waals surface area contributed by atoms with Crippen molar-refractivity contribution in [2.75, 3.05) is 0 Å². The van der Waals surface area contributed by atoms with Gasteiger partial charge in [-0.15, -0.1) is 0 Å². The Morgan fingerprint density at radius 2 is 2.05 bits per heavy atom. The van der Waals surface area contributed by atoms with Crippen LogP contribution in [0.1, 0.15) is 47.9 Å². The first-order valence-electron chi connectivity index (χ1n) is 6.53. The van der Waals surface area contributed by atoms with Crippen molar-refractivity contribution in [1.29, 1.82) is 0 Å². The lowest BCUT2D eigenvalue weighted by Gasteiger charge is -2.08. The number of aromatic nitrogens is 4. The molecule has 0 unspecified atom stereocenters. The number of nitrogens with zero attached hydrogens (tertiary/aromatic N) is 4. The maximum absolute atomic E-state index is 10.7. The van der Waals surface area contributed by atoms with Gasteiger partial charge in [0, 0.05) is 12.4 Å². The maximum atomic E-state index is 10.7. The highest BCUT2D eigenvalue weighted by Gasteiger charge is 2.17. The molecule has 2 aromatic rings. The molecule has 0 amide bonds. The fraction of sp³-hybridized carbons (Fsp3) is 0.462. The first-order valence-corrected chi connectivity index (χ1v) is 6.53. The monoisotopic (exact) mass is 260 g/mol. The highest BCUT2D eigenvalue weighted by molar-refractivity contribution is 5.85. The van der Waals surface area contributed by atoms with E-state index in [4.69, 9.17) is 5.11 Å². The third-order valence-corrected chi connectivity index (χ3v) is 3.55. The first kappa shape index (κ1) is 12.0. The molecule has 2 aromatic heterocycles. The van der Waals surface area contributed by atoms with Crippen LogP contribution in [0.2, 0.25) is 0 Å². The van der Waals surface area contributed by atoms with Crippen molar-refractivity contribution in [3.8, 4) is 0 Å². The van der Waals surface area contributed by atoms with Gasteiger partial charge in [-0.05, 0) is 25.0 Å². The van der Waals surface area contributed by atoms with Gasteiger partial charge < -0.3 is 5.11 Å². The quantitative estimate of drug-likeness (QED) is 0.911. The number of carbonyl (C=O) groups is 1. The van der Waals surface area contributed by atoms with E-state index in [0.717, 1.165) is 5.69 Å². The summed E-state index contributed by atoms with van der Waals surface area (Å²) in [6.07, 6.45) is 8.63. The van der Waals surface area contributed by atoms with Gasteiger partial charge in [0.05, 0.1) is 18.3 Å². The second-order valence-electron chi connectivity index (χ2n) is 4.93. The molecule has 0 atom stereocenters. The molecular weight excluding hydrogens is 244 g/mol. The summed E-state index contributed by atoms with van der Waals surface area (Å²) in [5.41, 5.74) is 0.974. The van der Waals surface area contributed by atoms with Crippen LogP contribution >= 0.6 is 0 Å². The number of hydrogen-bond acceptors (Lipinski definition) is 3. The van der Waals surface area contributed by atoms with E-state index >= 15 is 0 Å². The van der Waals surface area contributed by atoms with Crippen molar-refractivity contribution in [3.05, 3.63) is 35.9 Å². The third-order valence-electron chi connectivity index (χ3n) is 3.55. The summed E-state index contributed by atoms with van der Waals surface area (Å²) in [5.74, 6) is -1.00. The molecule has 6 nitrogen and oxygen atoms in total. The van der Waals surface area contributed by atoms with Gasteiger partial charge in [-0.1, -0.05) is 12.8 Å². The molecule has 0 spiro atoms. The summed E-state index contributed by atoms with van der Waals surface area (Å²) in [5, 5.41) is 17.3. The van der Waals surface area contributed by atoms with E-state index in [1.54, 1.807) is 10.9 Å². The average Bonchev–Trinajstić information content (AvgIpc) is 3.09. The Morgan fingerprint density at radius 1 is 1.26 bits per heavy atom. The van der Waals surface area contributed by atoms with Gasteiger partial charge in [0.15, 0.2) is 5.69 Å². The molecule has 1 N–H and O–H groups in total. The summed E-state index contributed by atoms with van der Waals surface area (Å²) < 4.78 is 3.63. The fourth-order valence-electron chi connectivity index (χ4n) is 2.56. The summed E-state index contributed by atoms with van der Waals surface area (Å²) in [6, 6.07) is 4.00. The molecule has 1 saturated carbocycles. The van der Waals surface area contributed by atoms with Crippen LogP contribution in [0.25, 0.3) is 0 Å². The van der Waals surface area contributed by atoms with Gasteiger partial charge in [0.25, 0.3) is 0 Å². The van der Waals surface area contributed by atoms with E-state index in [9.17, 15) is 4.79 Å². The van der Waals surface area contributed by atoms with Crippen molar-refractivity contribution in [1.82, 2.24) is 19.6 Å². The molecule has 100 valence electrons. The van der Waals surface area contributed by atoms with E-state index in [0.29, 0.717) is 12.6 Å². The lowest BCUT2D eigenvalue weighted by molar-refractivity contribution is 0.0689.